The van der Waals surface area contributed by atoms with Crippen LogP contribution in [0, 0.1) is 0 Å². The Morgan fingerprint density at radius 3 is 2.44 bits per heavy atom. The molecule has 1 amide bonds. The Kier molecular flexibility index (Phi) is 10.6. The second-order valence-electron chi connectivity index (χ2n) is 7.67. The molecule has 8 nitrogen and oxygen atoms in total. The number of aromatic nitrogens is 1. The molecule has 0 unspecified atom stereocenters. The van der Waals surface area contributed by atoms with Crippen LogP contribution in [0.3, 0.4) is 0 Å². The van der Waals surface area contributed by atoms with Gasteiger partial charge in [-0.3, -0.25) is 9.59 Å². The molecule has 0 saturated heterocycles. The topological polar surface area (TPSA) is 124 Å². The van der Waals surface area contributed by atoms with Crippen LogP contribution >= 0.6 is 12.4 Å². The van der Waals surface area contributed by atoms with Gasteiger partial charge in [-0.2, -0.15) is 0 Å². The number of hydrogen-bond donors (Lipinski definition) is 3. The molecule has 3 rings (SSSR count). The van der Waals surface area contributed by atoms with Crippen LogP contribution < -0.4 is 11.1 Å². The zero-order chi connectivity index (χ0) is 23.6. The highest BCUT2D eigenvalue weighted by molar-refractivity contribution is 5.87. The standard InChI is InChI=1S/C25H29N3O5.ClH/c1-2-32-25(31)22(14-18-15-27-21-11-7-6-10-19(18)21)28-23(29)13-12-20(26)24(30)33-16-17-8-4-3-5-9-17;/h3-11,15,20,22,27H,2,12-14,16,26H2,1H3,(H,28,29);1H/t20-,22-;/m1./s1. The van der Waals surface area contributed by atoms with E-state index in [0.717, 1.165) is 22.0 Å². The van der Waals surface area contributed by atoms with Crippen molar-refractivity contribution in [3.8, 4) is 0 Å². The fourth-order valence-electron chi connectivity index (χ4n) is 3.46. The summed E-state index contributed by atoms with van der Waals surface area (Å²) in [4.78, 5) is 40.3. The molecule has 1 aromatic heterocycles. The number of hydrogen-bond acceptors (Lipinski definition) is 6. The molecular weight excluding hydrogens is 458 g/mol. The molecule has 0 spiro atoms. The predicted molar refractivity (Wildman–Crippen MR) is 131 cm³/mol. The van der Waals surface area contributed by atoms with Crippen molar-refractivity contribution in [2.24, 2.45) is 5.73 Å². The smallest absolute Gasteiger partial charge is 0.328 e. The number of amides is 1. The summed E-state index contributed by atoms with van der Waals surface area (Å²) >= 11 is 0. The molecule has 2 aromatic carbocycles. The maximum absolute atomic E-state index is 12.5. The Hall–Kier alpha value is -3.36. The SMILES string of the molecule is CCOC(=O)[C@@H](Cc1c[nH]c2ccccc12)NC(=O)CC[C@@H](N)C(=O)OCc1ccccc1.Cl. The van der Waals surface area contributed by atoms with Crippen molar-refractivity contribution < 1.29 is 23.9 Å². The average Bonchev–Trinajstić information content (AvgIpc) is 3.24. The average molecular weight is 488 g/mol. The van der Waals surface area contributed by atoms with Crippen LogP contribution in [0.25, 0.3) is 10.9 Å². The second kappa shape index (κ2) is 13.4. The number of fused-ring (bicyclic) bond motifs is 1. The molecule has 0 aliphatic heterocycles. The third-order valence-corrected chi connectivity index (χ3v) is 5.21. The number of nitrogens with one attached hydrogen (secondary N) is 2. The molecular formula is C25H30ClN3O5. The minimum absolute atomic E-state index is 0. The van der Waals surface area contributed by atoms with Crippen LogP contribution in [-0.2, 0) is 36.9 Å². The summed E-state index contributed by atoms with van der Waals surface area (Å²) in [7, 11) is 0. The van der Waals surface area contributed by atoms with Crippen molar-refractivity contribution in [3.05, 3.63) is 71.9 Å². The highest BCUT2D eigenvalue weighted by Crippen LogP contribution is 2.19. The van der Waals surface area contributed by atoms with Gasteiger partial charge in [0, 0.05) is 29.9 Å². The van der Waals surface area contributed by atoms with Crippen LogP contribution in [0.4, 0.5) is 0 Å². The van der Waals surface area contributed by atoms with Gasteiger partial charge in [0.2, 0.25) is 5.91 Å². The number of carbonyl (C=O) groups is 3. The number of para-hydroxylation sites is 1. The van der Waals surface area contributed by atoms with E-state index < -0.39 is 24.0 Å². The van der Waals surface area contributed by atoms with Crippen LogP contribution in [0.5, 0.6) is 0 Å². The Labute approximate surface area is 204 Å². The van der Waals surface area contributed by atoms with E-state index in [4.69, 9.17) is 15.2 Å². The molecule has 1 heterocycles. The highest BCUT2D eigenvalue weighted by atomic mass is 35.5. The first kappa shape index (κ1) is 26.9. The van der Waals surface area contributed by atoms with Gasteiger partial charge in [-0.1, -0.05) is 48.5 Å². The Morgan fingerprint density at radius 1 is 1.00 bits per heavy atom. The Bertz CT molecular complexity index is 1090. The number of H-pyrrole nitrogens is 1. The van der Waals surface area contributed by atoms with Crippen LogP contribution in [0.15, 0.2) is 60.8 Å². The van der Waals surface area contributed by atoms with E-state index in [1.54, 1.807) is 6.92 Å². The van der Waals surface area contributed by atoms with Crippen molar-refractivity contribution in [1.82, 2.24) is 10.3 Å². The van der Waals surface area contributed by atoms with Crippen molar-refractivity contribution in [2.75, 3.05) is 6.61 Å². The van der Waals surface area contributed by atoms with Gasteiger partial charge in [0.05, 0.1) is 6.61 Å². The molecule has 0 bridgehead atoms. The van der Waals surface area contributed by atoms with Crippen molar-refractivity contribution in [1.29, 1.82) is 0 Å². The van der Waals surface area contributed by atoms with Crippen LogP contribution in [0.2, 0.25) is 0 Å². The van der Waals surface area contributed by atoms with Gasteiger partial charge in [0.15, 0.2) is 0 Å². The maximum atomic E-state index is 12.5. The Balaban J connectivity index is 0.00000408. The van der Waals surface area contributed by atoms with E-state index in [-0.39, 0.29) is 50.8 Å². The van der Waals surface area contributed by atoms with E-state index >= 15 is 0 Å². The number of aromatic amines is 1. The van der Waals surface area contributed by atoms with E-state index in [9.17, 15) is 14.4 Å². The minimum Gasteiger partial charge on any atom is -0.464 e. The first-order chi connectivity index (χ1) is 16.0. The molecule has 0 aliphatic rings. The molecule has 2 atom stereocenters. The highest BCUT2D eigenvalue weighted by Gasteiger charge is 2.25. The zero-order valence-electron chi connectivity index (χ0n) is 19.0. The predicted octanol–water partition coefficient (Wildman–Crippen LogP) is 3.03. The number of ether oxygens (including phenoxy) is 2. The molecule has 34 heavy (non-hydrogen) atoms. The lowest BCUT2D eigenvalue weighted by atomic mass is 10.0. The summed E-state index contributed by atoms with van der Waals surface area (Å²) in [6.45, 7) is 2.04. The normalized spacial score (nSPS) is 12.3. The minimum atomic E-state index is -0.936. The zero-order valence-corrected chi connectivity index (χ0v) is 19.8. The number of benzene rings is 2. The van der Waals surface area contributed by atoms with Gasteiger partial charge in [0.1, 0.15) is 18.7 Å². The number of esters is 2. The van der Waals surface area contributed by atoms with Gasteiger partial charge in [-0.05, 0) is 30.5 Å². The van der Waals surface area contributed by atoms with Gasteiger partial charge in [-0.15, -0.1) is 12.4 Å². The molecule has 0 saturated carbocycles. The van der Waals surface area contributed by atoms with Crippen molar-refractivity contribution in [3.63, 3.8) is 0 Å². The monoisotopic (exact) mass is 487 g/mol. The number of rotatable bonds is 11. The molecule has 3 aromatic rings. The van der Waals surface area contributed by atoms with Gasteiger partial charge < -0.3 is 25.5 Å². The summed E-state index contributed by atoms with van der Waals surface area (Å²) in [5, 5.41) is 3.70. The molecule has 182 valence electrons. The van der Waals surface area contributed by atoms with Crippen LogP contribution in [0.1, 0.15) is 30.9 Å². The van der Waals surface area contributed by atoms with E-state index in [0.29, 0.717) is 0 Å². The number of nitrogens with two attached hydrogens (primary N) is 1. The molecule has 4 N–H and O–H groups in total. The largest absolute Gasteiger partial charge is 0.464 e. The summed E-state index contributed by atoms with van der Waals surface area (Å²) in [5.74, 6) is -1.48. The number of halogens is 1. The van der Waals surface area contributed by atoms with Crippen molar-refractivity contribution in [2.45, 2.75) is 44.9 Å². The van der Waals surface area contributed by atoms with E-state index in [1.165, 1.54) is 0 Å². The summed E-state index contributed by atoms with van der Waals surface area (Å²) in [6.07, 6.45) is 2.18. The lowest BCUT2D eigenvalue weighted by molar-refractivity contribution is -0.148. The van der Waals surface area contributed by atoms with E-state index in [2.05, 4.69) is 10.3 Å². The third kappa shape index (κ3) is 7.60. The summed E-state index contributed by atoms with van der Waals surface area (Å²) in [5.41, 5.74) is 8.58. The fourth-order valence-corrected chi connectivity index (χ4v) is 3.46. The van der Waals surface area contributed by atoms with Crippen molar-refractivity contribution >= 4 is 41.2 Å². The summed E-state index contributed by atoms with van der Waals surface area (Å²) in [6, 6.07) is 15.2. The molecule has 9 heteroatoms. The molecule has 0 aliphatic carbocycles. The van der Waals surface area contributed by atoms with Gasteiger partial charge in [-0.25, -0.2) is 4.79 Å². The second-order valence-corrected chi connectivity index (χ2v) is 7.67. The Morgan fingerprint density at radius 2 is 1.71 bits per heavy atom. The van der Waals surface area contributed by atoms with Gasteiger partial charge >= 0.3 is 11.9 Å². The summed E-state index contributed by atoms with van der Waals surface area (Å²) < 4.78 is 10.4. The lowest BCUT2D eigenvalue weighted by Crippen LogP contribution is -2.44. The number of carbonyl (C=O) groups excluding carboxylic acids is 3. The fraction of sp³-hybridized carbons (Fsp3) is 0.320. The van der Waals surface area contributed by atoms with Gasteiger partial charge in [0.25, 0.3) is 0 Å². The first-order valence-electron chi connectivity index (χ1n) is 10.9. The van der Waals surface area contributed by atoms with Crippen LogP contribution in [-0.4, -0.2) is 41.5 Å². The molecule has 0 fully saturated rings. The van der Waals surface area contributed by atoms with E-state index in [1.807, 2.05) is 60.8 Å². The first-order valence-corrected chi connectivity index (χ1v) is 10.9. The third-order valence-electron chi connectivity index (χ3n) is 5.21. The molecule has 0 radical (unpaired) electrons. The quantitative estimate of drug-likeness (QED) is 0.357. The lowest BCUT2D eigenvalue weighted by Gasteiger charge is -2.18. The maximum Gasteiger partial charge on any atom is 0.328 e.